The Labute approximate surface area is 48.1 Å². The number of H-pyrrole nitrogens is 1. The molecule has 1 aromatic rings. The van der Waals surface area contributed by atoms with Crippen LogP contribution in [0.1, 0.15) is 5.69 Å². The van der Waals surface area contributed by atoms with E-state index in [4.69, 9.17) is 0 Å². The van der Waals surface area contributed by atoms with Crippen LogP contribution in [0.4, 0.5) is 5.69 Å². The monoisotopic (exact) mass is 110 g/mol. The molecule has 0 aromatic carbocycles. The normalized spacial score (nSPS) is 9.25. The smallest absolute Gasteiger partial charge is 0.0976 e. The van der Waals surface area contributed by atoms with Crippen LogP contribution < -0.4 is 5.32 Å². The Morgan fingerprint density at radius 3 is 2.75 bits per heavy atom. The first-order valence-electron chi connectivity index (χ1n) is 2.45. The highest BCUT2D eigenvalue weighted by Crippen LogP contribution is 2.06. The summed E-state index contributed by atoms with van der Waals surface area (Å²) in [5.74, 6) is 0. The molecule has 0 unspecified atom stereocenters. The van der Waals surface area contributed by atoms with Crippen molar-refractivity contribution in [3.8, 4) is 0 Å². The molecule has 1 N–H and O–H groups in total. The molecule has 3 nitrogen and oxygen atoms in total. The number of rotatable bonds is 1. The maximum absolute atomic E-state index is 3.94. The van der Waals surface area contributed by atoms with E-state index in [1.54, 1.807) is 13.2 Å². The highest BCUT2D eigenvalue weighted by atomic mass is 15.1. The van der Waals surface area contributed by atoms with Crippen LogP contribution in [0.2, 0.25) is 0 Å². The largest absolute Gasteiger partial charge is 0.285 e. The first-order valence-corrected chi connectivity index (χ1v) is 2.45. The van der Waals surface area contributed by atoms with E-state index in [1.807, 2.05) is 6.92 Å². The molecule has 0 atom stereocenters. The fourth-order valence-electron chi connectivity index (χ4n) is 0.578. The molecule has 43 valence electrons. The topological polar surface area (TPSA) is 42.8 Å². The number of nitrogens with one attached hydrogen (secondary N) is 1. The first-order chi connectivity index (χ1) is 3.84. The van der Waals surface area contributed by atoms with Crippen molar-refractivity contribution in [3.05, 3.63) is 11.9 Å². The van der Waals surface area contributed by atoms with E-state index >= 15 is 0 Å². The van der Waals surface area contributed by atoms with Crippen LogP contribution in [0.3, 0.4) is 0 Å². The first kappa shape index (κ1) is 5.15. The van der Waals surface area contributed by atoms with Crippen LogP contribution in [-0.4, -0.2) is 17.2 Å². The van der Waals surface area contributed by atoms with Gasteiger partial charge in [-0.3, -0.25) is 10.4 Å². The summed E-state index contributed by atoms with van der Waals surface area (Å²) in [5.41, 5.74) is 1.89. The Kier molecular flexibility index (Phi) is 1.20. The van der Waals surface area contributed by atoms with Gasteiger partial charge in [0.2, 0.25) is 0 Å². The van der Waals surface area contributed by atoms with Crippen LogP contribution in [0.15, 0.2) is 6.20 Å². The Morgan fingerprint density at radius 2 is 2.50 bits per heavy atom. The van der Waals surface area contributed by atoms with Crippen molar-refractivity contribution in [3.63, 3.8) is 0 Å². The molecular weight excluding hydrogens is 102 g/mol. The van der Waals surface area contributed by atoms with Gasteiger partial charge in [0.15, 0.2) is 0 Å². The van der Waals surface area contributed by atoms with Gasteiger partial charge in [-0.1, -0.05) is 0 Å². The molecule has 1 aromatic heterocycles. The van der Waals surface area contributed by atoms with Crippen molar-refractivity contribution in [1.82, 2.24) is 15.5 Å². The average molecular weight is 110 g/mol. The second kappa shape index (κ2) is 1.86. The van der Waals surface area contributed by atoms with E-state index in [9.17, 15) is 0 Å². The summed E-state index contributed by atoms with van der Waals surface area (Å²) in [6.07, 6.45) is 1.77. The standard InChI is InChI=1S/C5H8N3/c1-4-5(6-2)3-7-8-4/h3H,1-2H3,(H,7,8). The minimum atomic E-state index is 0.935. The molecule has 1 radical (unpaired) electrons. The summed E-state index contributed by atoms with van der Waals surface area (Å²) in [7, 11) is 1.75. The third kappa shape index (κ3) is 0.665. The third-order valence-electron chi connectivity index (χ3n) is 1.05. The van der Waals surface area contributed by atoms with Crippen LogP contribution in [0.5, 0.6) is 0 Å². The summed E-state index contributed by atoms with van der Waals surface area (Å²) in [6.45, 7) is 1.92. The van der Waals surface area contributed by atoms with Crippen LogP contribution in [0, 0.1) is 6.92 Å². The number of hydrogen-bond donors (Lipinski definition) is 1. The highest BCUT2D eigenvalue weighted by Gasteiger charge is 1.94. The SMILES string of the molecule is C[N]c1c[nH]nc1C. The van der Waals surface area contributed by atoms with E-state index in [2.05, 4.69) is 15.5 Å². The molecule has 0 saturated carbocycles. The van der Waals surface area contributed by atoms with E-state index in [-0.39, 0.29) is 0 Å². The van der Waals surface area contributed by atoms with Gasteiger partial charge in [-0.15, -0.1) is 0 Å². The molecule has 0 bridgehead atoms. The van der Waals surface area contributed by atoms with Crippen molar-refractivity contribution in [2.45, 2.75) is 6.92 Å². The molecule has 1 rings (SSSR count). The number of aromatic amines is 1. The predicted molar refractivity (Wildman–Crippen MR) is 31.0 cm³/mol. The number of aromatic nitrogens is 2. The fraction of sp³-hybridized carbons (Fsp3) is 0.400. The van der Waals surface area contributed by atoms with Crippen molar-refractivity contribution < 1.29 is 0 Å². The second-order valence-electron chi connectivity index (χ2n) is 1.58. The molecule has 1 heterocycles. The van der Waals surface area contributed by atoms with E-state index < -0.39 is 0 Å². The van der Waals surface area contributed by atoms with Gasteiger partial charge in [0.25, 0.3) is 0 Å². The minimum Gasteiger partial charge on any atom is -0.285 e. The maximum Gasteiger partial charge on any atom is 0.0976 e. The van der Waals surface area contributed by atoms with Crippen molar-refractivity contribution in [2.75, 3.05) is 7.05 Å². The lowest BCUT2D eigenvalue weighted by Crippen LogP contribution is -1.84. The summed E-state index contributed by atoms with van der Waals surface area (Å²) in [6, 6.07) is 0. The van der Waals surface area contributed by atoms with Gasteiger partial charge >= 0.3 is 0 Å². The zero-order valence-electron chi connectivity index (χ0n) is 4.97. The lowest BCUT2D eigenvalue weighted by Gasteiger charge is -1.86. The second-order valence-corrected chi connectivity index (χ2v) is 1.58. The molecule has 8 heavy (non-hydrogen) atoms. The third-order valence-corrected chi connectivity index (χ3v) is 1.05. The lowest BCUT2D eigenvalue weighted by atomic mass is 10.4. The highest BCUT2D eigenvalue weighted by molar-refractivity contribution is 5.36. The summed E-state index contributed by atoms with van der Waals surface area (Å²) >= 11 is 0. The summed E-state index contributed by atoms with van der Waals surface area (Å²) in [4.78, 5) is 0. The van der Waals surface area contributed by atoms with Crippen molar-refractivity contribution in [2.24, 2.45) is 0 Å². The van der Waals surface area contributed by atoms with Gasteiger partial charge in [0.1, 0.15) is 0 Å². The van der Waals surface area contributed by atoms with Crippen LogP contribution >= 0.6 is 0 Å². The zero-order valence-corrected chi connectivity index (χ0v) is 4.97. The van der Waals surface area contributed by atoms with E-state index in [1.165, 1.54) is 0 Å². The molecule has 3 heteroatoms. The zero-order chi connectivity index (χ0) is 5.98. The summed E-state index contributed by atoms with van der Waals surface area (Å²) < 4.78 is 0. The molecule has 0 aliphatic heterocycles. The van der Waals surface area contributed by atoms with Gasteiger partial charge < -0.3 is 0 Å². The van der Waals surface area contributed by atoms with Crippen LogP contribution in [-0.2, 0) is 0 Å². The summed E-state index contributed by atoms with van der Waals surface area (Å²) in [5, 5.41) is 10.5. The number of hydrogen-bond acceptors (Lipinski definition) is 1. The van der Waals surface area contributed by atoms with Gasteiger partial charge in [-0.2, -0.15) is 5.10 Å². The number of nitrogens with zero attached hydrogens (tertiary/aromatic N) is 2. The Bertz CT molecular complexity index is 168. The maximum atomic E-state index is 3.94. The van der Waals surface area contributed by atoms with E-state index in [0.717, 1.165) is 11.4 Å². The van der Waals surface area contributed by atoms with Gasteiger partial charge in [-0.05, 0) is 6.92 Å². The van der Waals surface area contributed by atoms with Gasteiger partial charge in [0, 0.05) is 13.2 Å². The molecular formula is C5H8N3. The number of aryl methyl sites for hydroxylation is 1. The molecule has 0 aliphatic rings. The van der Waals surface area contributed by atoms with Crippen molar-refractivity contribution >= 4 is 5.69 Å². The quantitative estimate of drug-likeness (QED) is 0.564. The lowest BCUT2D eigenvalue weighted by molar-refractivity contribution is 1.04. The van der Waals surface area contributed by atoms with Crippen LogP contribution in [0.25, 0.3) is 0 Å². The van der Waals surface area contributed by atoms with Gasteiger partial charge in [0.05, 0.1) is 11.4 Å². The molecule has 0 aliphatic carbocycles. The molecule has 0 fully saturated rings. The average Bonchev–Trinajstić information content (AvgIpc) is 2.14. The molecule has 0 spiro atoms. The molecule has 0 amide bonds. The predicted octanol–water partition coefficient (Wildman–Crippen LogP) is 0.584. The Hall–Kier alpha value is -0.990. The Morgan fingerprint density at radius 1 is 1.75 bits per heavy atom. The van der Waals surface area contributed by atoms with E-state index in [0.29, 0.717) is 0 Å². The molecule has 0 saturated heterocycles. The Balaban J connectivity index is 2.92. The van der Waals surface area contributed by atoms with Gasteiger partial charge in [-0.25, -0.2) is 0 Å². The minimum absolute atomic E-state index is 0.935. The van der Waals surface area contributed by atoms with Crippen molar-refractivity contribution in [1.29, 1.82) is 0 Å². The fourth-order valence-corrected chi connectivity index (χ4v) is 0.578.